The Morgan fingerprint density at radius 2 is 1.95 bits per heavy atom. The van der Waals surface area contributed by atoms with E-state index in [0.717, 1.165) is 23.7 Å². The lowest BCUT2D eigenvalue weighted by atomic mass is 10.0. The van der Waals surface area contributed by atoms with E-state index in [-0.39, 0.29) is 5.78 Å². The average Bonchev–Trinajstić information content (AvgIpc) is 2.89. The Bertz CT molecular complexity index is 619. The van der Waals surface area contributed by atoms with Gasteiger partial charge in [0.05, 0.1) is 6.61 Å². The fourth-order valence-corrected chi connectivity index (χ4v) is 3.35. The number of rotatable bonds is 4. The summed E-state index contributed by atoms with van der Waals surface area (Å²) in [5, 5.41) is 0. The van der Waals surface area contributed by atoms with Crippen molar-refractivity contribution in [1.29, 1.82) is 0 Å². The van der Waals surface area contributed by atoms with Gasteiger partial charge in [0.25, 0.3) is 0 Å². The van der Waals surface area contributed by atoms with Crippen molar-refractivity contribution in [3.63, 3.8) is 0 Å². The van der Waals surface area contributed by atoms with E-state index < -0.39 is 0 Å². The number of ether oxygens (including phenoxy) is 1. The Hall–Kier alpha value is -1.74. The molecule has 2 nitrogen and oxygen atoms in total. The molecule has 1 aliphatic heterocycles. The smallest absolute Gasteiger partial charge is 0.159 e. The predicted octanol–water partition coefficient (Wildman–Crippen LogP) is 4.16. The van der Waals surface area contributed by atoms with Crippen LogP contribution in [-0.4, -0.2) is 18.1 Å². The maximum atomic E-state index is 11.2. The highest BCUT2D eigenvalue weighted by Crippen LogP contribution is 2.36. The van der Waals surface area contributed by atoms with E-state index in [1.807, 2.05) is 48.2 Å². The summed E-state index contributed by atoms with van der Waals surface area (Å²) in [5.74, 6) is 2.57. The molecule has 20 heavy (non-hydrogen) atoms. The molecule has 0 fully saturated rings. The minimum Gasteiger partial charge on any atom is -0.493 e. The molecule has 0 bridgehead atoms. The number of carbonyl (C=O) groups excluding carboxylic acids is 1. The van der Waals surface area contributed by atoms with E-state index in [1.165, 1.54) is 10.5 Å². The van der Waals surface area contributed by atoms with E-state index in [9.17, 15) is 4.79 Å². The Kier molecular flexibility index (Phi) is 3.79. The summed E-state index contributed by atoms with van der Waals surface area (Å²) in [7, 11) is 0. The maximum absolute atomic E-state index is 11.2. The zero-order valence-electron chi connectivity index (χ0n) is 11.3. The predicted molar refractivity (Wildman–Crippen MR) is 81.8 cm³/mol. The topological polar surface area (TPSA) is 26.3 Å². The number of hydrogen-bond donors (Lipinski definition) is 0. The molecule has 0 N–H and O–H groups in total. The van der Waals surface area contributed by atoms with Crippen LogP contribution in [0.3, 0.4) is 0 Å². The number of fused-ring (bicyclic) bond motifs is 1. The Morgan fingerprint density at radius 1 is 1.20 bits per heavy atom. The summed E-state index contributed by atoms with van der Waals surface area (Å²) < 4.78 is 5.69. The number of benzene rings is 2. The standard InChI is InChI=1S/C17H16O2S/c1-12(18)13-6-8-15(9-7-13)20-11-14-10-19-17-5-3-2-4-16(14)17/h2-9,14H,10-11H2,1H3. The third-order valence-electron chi connectivity index (χ3n) is 3.51. The molecule has 0 radical (unpaired) electrons. The highest BCUT2D eigenvalue weighted by atomic mass is 32.2. The molecule has 102 valence electrons. The summed E-state index contributed by atoms with van der Waals surface area (Å²) >= 11 is 1.81. The van der Waals surface area contributed by atoms with Crippen molar-refractivity contribution in [2.75, 3.05) is 12.4 Å². The molecule has 0 saturated carbocycles. The van der Waals surface area contributed by atoms with Crippen molar-refractivity contribution in [2.24, 2.45) is 0 Å². The van der Waals surface area contributed by atoms with Gasteiger partial charge >= 0.3 is 0 Å². The van der Waals surface area contributed by atoms with Crippen molar-refractivity contribution < 1.29 is 9.53 Å². The molecule has 1 aliphatic rings. The Balaban J connectivity index is 1.64. The summed E-state index contributed by atoms with van der Waals surface area (Å²) in [6.45, 7) is 2.35. The van der Waals surface area contributed by atoms with Gasteiger partial charge in [0.1, 0.15) is 5.75 Å². The first-order valence-electron chi connectivity index (χ1n) is 6.69. The van der Waals surface area contributed by atoms with Crippen LogP contribution in [0.1, 0.15) is 28.8 Å². The maximum Gasteiger partial charge on any atom is 0.159 e. The number of Topliss-reactive ketones (excluding diaryl/α,β-unsaturated/α-hetero) is 1. The van der Waals surface area contributed by atoms with E-state index in [2.05, 4.69) is 12.1 Å². The van der Waals surface area contributed by atoms with E-state index >= 15 is 0 Å². The van der Waals surface area contributed by atoms with Gasteiger partial charge in [-0.1, -0.05) is 30.3 Å². The number of carbonyl (C=O) groups is 1. The Morgan fingerprint density at radius 3 is 2.70 bits per heavy atom. The molecule has 1 unspecified atom stereocenters. The molecule has 0 spiro atoms. The molecule has 3 heteroatoms. The molecule has 0 amide bonds. The van der Waals surface area contributed by atoms with Crippen LogP contribution in [-0.2, 0) is 0 Å². The second-order valence-corrected chi connectivity index (χ2v) is 6.03. The van der Waals surface area contributed by atoms with Gasteiger partial charge in [0.2, 0.25) is 0 Å². The van der Waals surface area contributed by atoms with Crippen LogP contribution >= 0.6 is 11.8 Å². The highest BCUT2D eigenvalue weighted by Gasteiger charge is 2.23. The molecule has 1 atom stereocenters. The number of thioether (sulfide) groups is 1. The van der Waals surface area contributed by atoms with Crippen molar-refractivity contribution in [3.8, 4) is 5.75 Å². The lowest BCUT2D eigenvalue weighted by Gasteiger charge is -2.08. The number of ketones is 1. The van der Waals surface area contributed by atoms with Gasteiger partial charge in [-0.05, 0) is 25.1 Å². The normalized spacial score (nSPS) is 16.6. The van der Waals surface area contributed by atoms with Gasteiger partial charge in [0.15, 0.2) is 5.78 Å². The second-order valence-electron chi connectivity index (χ2n) is 4.94. The van der Waals surface area contributed by atoms with E-state index in [4.69, 9.17) is 4.74 Å². The van der Waals surface area contributed by atoms with Gasteiger partial charge in [-0.2, -0.15) is 0 Å². The van der Waals surface area contributed by atoms with E-state index in [1.54, 1.807) is 6.92 Å². The molecule has 2 aromatic rings. The lowest BCUT2D eigenvalue weighted by Crippen LogP contribution is -2.03. The minimum atomic E-state index is 0.111. The average molecular weight is 284 g/mol. The van der Waals surface area contributed by atoms with Crippen molar-refractivity contribution in [1.82, 2.24) is 0 Å². The van der Waals surface area contributed by atoms with Gasteiger partial charge in [-0.15, -0.1) is 11.8 Å². The first kappa shape index (κ1) is 13.3. The fraction of sp³-hybridized carbons (Fsp3) is 0.235. The second kappa shape index (κ2) is 5.71. The molecule has 0 aromatic heterocycles. The molecule has 3 rings (SSSR count). The molecular formula is C17H16O2S. The van der Waals surface area contributed by atoms with Crippen LogP contribution in [0.5, 0.6) is 5.75 Å². The van der Waals surface area contributed by atoms with Gasteiger partial charge in [0, 0.05) is 27.7 Å². The van der Waals surface area contributed by atoms with Gasteiger partial charge in [-0.25, -0.2) is 0 Å². The van der Waals surface area contributed by atoms with Gasteiger partial charge in [-0.3, -0.25) is 4.79 Å². The number of hydrogen-bond acceptors (Lipinski definition) is 3. The van der Waals surface area contributed by atoms with E-state index in [0.29, 0.717) is 5.92 Å². The lowest BCUT2D eigenvalue weighted by molar-refractivity contribution is 0.101. The third kappa shape index (κ3) is 2.73. The summed E-state index contributed by atoms with van der Waals surface area (Å²) in [4.78, 5) is 12.4. The van der Waals surface area contributed by atoms with Crippen LogP contribution in [0, 0.1) is 0 Å². The SMILES string of the molecule is CC(=O)c1ccc(SCC2COc3ccccc32)cc1. The van der Waals surface area contributed by atoms with Gasteiger partial charge < -0.3 is 4.74 Å². The van der Waals surface area contributed by atoms with Crippen LogP contribution in [0.2, 0.25) is 0 Å². The van der Waals surface area contributed by atoms with Crippen molar-refractivity contribution >= 4 is 17.5 Å². The number of para-hydroxylation sites is 1. The molecular weight excluding hydrogens is 268 g/mol. The van der Waals surface area contributed by atoms with Crippen molar-refractivity contribution in [3.05, 3.63) is 59.7 Å². The first-order valence-corrected chi connectivity index (χ1v) is 7.68. The summed E-state index contributed by atoms with van der Waals surface area (Å²) in [5.41, 5.74) is 2.07. The zero-order valence-corrected chi connectivity index (χ0v) is 12.2. The third-order valence-corrected chi connectivity index (χ3v) is 4.69. The fourth-order valence-electron chi connectivity index (χ4n) is 2.35. The molecule has 0 saturated heterocycles. The van der Waals surface area contributed by atoms with Crippen molar-refractivity contribution in [2.45, 2.75) is 17.7 Å². The van der Waals surface area contributed by atoms with Crippen LogP contribution < -0.4 is 4.74 Å². The molecule has 2 aromatic carbocycles. The first-order chi connectivity index (χ1) is 9.74. The minimum absolute atomic E-state index is 0.111. The van der Waals surface area contributed by atoms with Crippen LogP contribution in [0.25, 0.3) is 0 Å². The van der Waals surface area contributed by atoms with Crippen LogP contribution in [0.4, 0.5) is 0 Å². The zero-order chi connectivity index (χ0) is 13.9. The quantitative estimate of drug-likeness (QED) is 0.623. The monoisotopic (exact) mass is 284 g/mol. The summed E-state index contributed by atoms with van der Waals surface area (Å²) in [6, 6.07) is 16.1. The highest BCUT2D eigenvalue weighted by molar-refractivity contribution is 7.99. The van der Waals surface area contributed by atoms with Crippen LogP contribution in [0.15, 0.2) is 53.4 Å². The summed E-state index contributed by atoms with van der Waals surface area (Å²) in [6.07, 6.45) is 0. The Labute approximate surface area is 123 Å². The molecule has 1 heterocycles. The molecule has 0 aliphatic carbocycles. The largest absolute Gasteiger partial charge is 0.493 e.